The minimum absolute atomic E-state index is 0.220. The molecule has 0 heterocycles. The van der Waals surface area contributed by atoms with Crippen molar-refractivity contribution in [3.05, 3.63) is 90.0 Å². The molecule has 3 aromatic rings. The Morgan fingerprint density at radius 1 is 0.882 bits per heavy atom. The number of rotatable bonds is 11. The molecule has 0 atom stereocenters. The van der Waals surface area contributed by atoms with E-state index in [1.54, 1.807) is 18.2 Å². The normalized spacial score (nSPS) is 10.6. The van der Waals surface area contributed by atoms with Crippen LogP contribution in [-0.2, 0) is 6.42 Å². The lowest BCUT2D eigenvalue weighted by atomic mass is 10.1. The standard InChI is InChI=1S/C28H32N2O3S/c1-21(2)16-18-33-25-14-6-12-23(19-25)27(31)30-28(34)29-24-13-7-15-26(20-24)32-17-8-11-22-9-4-3-5-10-22/h3-7,9-10,12-15,19-21H,8,11,16-18H2,1-2H3,(H2,29,30,31,34). The van der Waals surface area contributed by atoms with Gasteiger partial charge in [-0.1, -0.05) is 56.3 Å². The van der Waals surface area contributed by atoms with Gasteiger partial charge in [0.25, 0.3) is 5.91 Å². The molecule has 2 N–H and O–H groups in total. The van der Waals surface area contributed by atoms with Gasteiger partial charge in [-0.25, -0.2) is 0 Å². The summed E-state index contributed by atoms with van der Waals surface area (Å²) in [5.74, 6) is 1.69. The first kappa shape index (κ1) is 25.2. The summed E-state index contributed by atoms with van der Waals surface area (Å²) in [5, 5.41) is 5.99. The van der Waals surface area contributed by atoms with Crippen LogP contribution < -0.4 is 20.1 Å². The van der Waals surface area contributed by atoms with E-state index in [0.29, 0.717) is 30.4 Å². The molecule has 34 heavy (non-hydrogen) atoms. The molecule has 6 heteroatoms. The van der Waals surface area contributed by atoms with Gasteiger partial charge in [0.2, 0.25) is 0 Å². The van der Waals surface area contributed by atoms with E-state index >= 15 is 0 Å². The average Bonchev–Trinajstić information content (AvgIpc) is 2.83. The zero-order valence-corrected chi connectivity index (χ0v) is 20.6. The monoisotopic (exact) mass is 476 g/mol. The molecule has 1 amide bonds. The van der Waals surface area contributed by atoms with Crippen LogP contribution in [0.15, 0.2) is 78.9 Å². The Labute approximate surface area is 207 Å². The zero-order valence-electron chi connectivity index (χ0n) is 19.8. The number of anilines is 1. The van der Waals surface area contributed by atoms with Crippen molar-refractivity contribution in [2.45, 2.75) is 33.1 Å². The number of ether oxygens (including phenoxy) is 2. The Morgan fingerprint density at radius 2 is 1.59 bits per heavy atom. The molecular formula is C28H32N2O3S. The van der Waals surface area contributed by atoms with Gasteiger partial charge >= 0.3 is 0 Å². The summed E-state index contributed by atoms with van der Waals surface area (Å²) in [5.41, 5.74) is 2.54. The molecule has 5 nitrogen and oxygen atoms in total. The molecule has 0 unspecified atom stereocenters. The van der Waals surface area contributed by atoms with Crippen LogP contribution in [0.1, 0.15) is 42.6 Å². The van der Waals surface area contributed by atoms with Gasteiger partial charge in [-0.15, -0.1) is 0 Å². The topological polar surface area (TPSA) is 59.6 Å². The van der Waals surface area contributed by atoms with Crippen molar-refractivity contribution in [3.63, 3.8) is 0 Å². The first-order chi connectivity index (χ1) is 16.5. The Balaban J connectivity index is 1.45. The molecule has 0 aliphatic heterocycles. The number of amides is 1. The second kappa shape index (κ2) is 13.4. The largest absolute Gasteiger partial charge is 0.494 e. The van der Waals surface area contributed by atoms with Crippen molar-refractivity contribution < 1.29 is 14.3 Å². The second-order valence-corrected chi connectivity index (χ2v) is 8.84. The van der Waals surface area contributed by atoms with E-state index in [1.807, 2.05) is 48.5 Å². The fourth-order valence-electron chi connectivity index (χ4n) is 3.25. The van der Waals surface area contributed by atoms with Gasteiger partial charge in [0.15, 0.2) is 5.11 Å². The molecule has 3 aromatic carbocycles. The molecular weight excluding hydrogens is 444 g/mol. The molecule has 0 aromatic heterocycles. The third-order valence-electron chi connectivity index (χ3n) is 5.10. The highest BCUT2D eigenvalue weighted by Crippen LogP contribution is 2.18. The Morgan fingerprint density at radius 3 is 2.35 bits per heavy atom. The van der Waals surface area contributed by atoms with Gasteiger partial charge in [-0.2, -0.15) is 0 Å². The van der Waals surface area contributed by atoms with Crippen LogP contribution in [-0.4, -0.2) is 24.2 Å². The zero-order chi connectivity index (χ0) is 24.2. The maximum atomic E-state index is 12.6. The number of thiocarbonyl (C=S) groups is 1. The molecule has 0 spiro atoms. The van der Waals surface area contributed by atoms with E-state index in [4.69, 9.17) is 21.7 Å². The number of hydrogen-bond acceptors (Lipinski definition) is 4. The molecule has 0 aliphatic rings. The summed E-state index contributed by atoms with van der Waals surface area (Å²) in [6.45, 7) is 5.53. The van der Waals surface area contributed by atoms with Crippen LogP contribution >= 0.6 is 12.2 Å². The summed E-state index contributed by atoms with van der Waals surface area (Å²) in [6, 6.07) is 25.0. The quantitative estimate of drug-likeness (QED) is 0.253. The van der Waals surface area contributed by atoms with Crippen LogP contribution in [0.2, 0.25) is 0 Å². The third-order valence-corrected chi connectivity index (χ3v) is 5.30. The van der Waals surface area contributed by atoms with E-state index in [2.05, 4.69) is 36.6 Å². The van der Waals surface area contributed by atoms with E-state index < -0.39 is 0 Å². The number of benzene rings is 3. The molecule has 0 aliphatic carbocycles. The van der Waals surface area contributed by atoms with Crippen molar-refractivity contribution >= 4 is 28.9 Å². The molecule has 0 saturated heterocycles. The lowest BCUT2D eigenvalue weighted by molar-refractivity contribution is 0.0977. The summed E-state index contributed by atoms with van der Waals surface area (Å²) in [4.78, 5) is 12.6. The first-order valence-corrected chi connectivity index (χ1v) is 12.0. The van der Waals surface area contributed by atoms with Crippen LogP contribution in [0.25, 0.3) is 0 Å². The van der Waals surface area contributed by atoms with E-state index in [1.165, 1.54) is 5.56 Å². The third kappa shape index (κ3) is 8.87. The smallest absolute Gasteiger partial charge is 0.257 e. The molecule has 3 rings (SSSR count). The average molecular weight is 477 g/mol. The van der Waals surface area contributed by atoms with Crippen molar-refractivity contribution in [2.75, 3.05) is 18.5 Å². The molecule has 0 saturated carbocycles. The van der Waals surface area contributed by atoms with Crippen molar-refractivity contribution in [2.24, 2.45) is 5.92 Å². The lowest BCUT2D eigenvalue weighted by Crippen LogP contribution is -2.34. The predicted molar refractivity (Wildman–Crippen MR) is 142 cm³/mol. The highest BCUT2D eigenvalue weighted by Gasteiger charge is 2.10. The molecule has 0 radical (unpaired) electrons. The number of hydrogen-bond donors (Lipinski definition) is 2. The Bertz CT molecular complexity index is 1070. The van der Waals surface area contributed by atoms with Gasteiger partial charge < -0.3 is 14.8 Å². The van der Waals surface area contributed by atoms with Gasteiger partial charge in [-0.3, -0.25) is 10.1 Å². The van der Waals surface area contributed by atoms with Crippen LogP contribution in [0.3, 0.4) is 0 Å². The van der Waals surface area contributed by atoms with Crippen molar-refractivity contribution in [1.82, 2.24) is 5.32 Å². The molecule has 178 valence electrons. The molecule has 0 bridgehead atoms. The fraction of sp³-hybridized carbons (Fsp3) is 0.286. The van der Waals surface area contributed by atoms with Gasteiger partial charge in [0, 0.05) is 17.3 Å². The summed E-state index contributed by atoms with van der Waals surface area (Å²) in [7, 11) is 0. The number of nitrogens with one attached hydrogen (secondary N) is 2. The Kier molecular flexibility index (Phi) is 9.92. The first-order valence-electron chi connectivity index (χ1n) is 11.6. The second-order valence-electron chi connectivity index (χ2n) is 8.43. The summed E-state index contributed by atoms with van der Waals surface area (Å²) >= 11 is 5.33. The van der Waals surface area contributed by atoms with E-state index in [9.17, 15) is 4.79 Å². The fourth-order valence-corrected chi connectivity index (χ4v) is 3.46. The molecule has 0 fully saturated rings. The van der Waals surface area contributed by atoms with Crippen LogP contribution in [0, 0.1) is 5.92 Å². The number of carbonyl (C=O) groups is 1. The minimum Gasteiger partial charge on any atom is -0.494 e. The summed E-state index contributed by atoms with van der Waals surface area (Å²) in [6.07, 6.45) is 2.86. The predicted octanol–water partition coefficient (Wildman–Crippen LogP) is 6.25. The van der Waals surface area contributed by atoms with Crippen LogP contribution in [0.4, 0.5) is 5.69 Å². The Hall–Kier alpha value is -3.38. The lowest BCUT2D eigenvalue weighted by Gasteiger charge is -2.12. The number of aryl methyl sites for hydroxylation is 1. The van der Waals surface area contributed by atoms with E-state index in [0.717, 1.165) is 30.7 Å². The van der Waals surface area contributed by atoms with Crippen LogP contribution in [0.5, 0.6) is 11.5 Å². The maximum Gasteiger partial charge on any atom is 0.257 e. The highest BCUT2D eigenvalue weighted by atomic mass is 32.1. The minimum atomic E-state index is -0.292. The highest BCUT2D eigenvalue weighted by molar-refractivity contribution is 7.80. The number of carbonyl (C=O) groups excluding carboxylic acids is 1. The summed E-state index contributed by atoms with van der Waals surface area (Å²) < 4.78 is 11.6. The van der Waals surface area contributed by atoms with Crippen molar-refractivity contribution in [1.29, 1.82) is 0 Å². The van der Waals surface area contributed by atoms with Gasteiger partial charge in [-0.05, 0) is 73.3 Å². The van der Waals surface area contributed by atoms with Crippen molar-refractivity contribution in [3.8, 4) is 11.5 Å². The van der Waals surface area contributed by atoms with E-state index in [-0.39, 0.29) is 11.0 Å². The van der Waals surface area contributed by atoms with Gasteiger partial charge in [0.05, 0.1) is 13.2 Å². The maximum absolute atomic E-state index is 12.6. The van der Waals surface area contributed by atoms with Gasteiger partial charge in [0.1, 0.15) is 11.5 Å². The SMILES string of the molecule is CC(C)CCOc1cccc(C(=O)NC(=S)Nc2cccc(OCCCc3ccccc3)c2)c1.